The predicted molar refractivity (Wildman–Crippen MR) is 54.8 cm³/mol. The highest BCUT2D eigenvalue weighted by atomic mass is 16.5. The third kappa shape index (κ3) is 1.61. The van der Waals surface area contributed by atoms with Gasteiger partial charge in [0.05, 0.1) is 0 Å². The molecule has 3 heterocycles. The molecule has 1 saturated heterocycles. The molecule has 1 aliphatic heterocycles. The van der Waals surface area contributed by atoms with Crippen LogP contribution in [0.1, 0.15) is 23.9 Å². The van der Waals surface area contributed by atoms with Gasteiger partial charge in [0.1, 0.15) is 5.76 Å². The van der Waals surface area contributed by atoms with E-state index in [4.69, 9.17) is 9.05 Å². The van der Waals surface area contributed by atoms with Gasteiger partial charge in [-0.05, 0) is 19.9 Å². The van der Waals surface area contributed by atoms with Gasteiger partial charge in [-0.1, -0.05) is 10.3 Å². The third-order valence-electron chi connectivity index (χ3n) is 2.71. The summed E-state index contributed by atoms with van der Waals surface area (Å²) in [5.74, 6) is 2.27. The van der Waals surface area contributed by atoms with E-state index in [1.165, 1.54) is 0 Å². The Morgan fingerprint density at radius 3 is 3.00 bits per heavy atom. The smallest absolute Gasteiger partial charge is 0.280 e. The molecule has 1 aliphatic rings. The molecule has 0 saturated carbocycles. The predicted octanol–water partition coefficient (Wildman–Crippen LogP) is 1.11. The van der Waals surface area contributed by atoms with Gasteiger partial charge in [-0.25, -0.2) is 0 Å². The molecule has 0 spiro atoms. The second-order valence-corrected chi connectivity index (χ2v) is 3.97. The molecule has 0 bridgehead atoms. The van der Waals surface area contributed by atoms with Gasteiger partial charge in [0, 0.05) is 18.5 Å². The van der Waals surface area contributed by atoms with E-state index in [1.807, 2.05) is 6.92 Å². The fraction of sp³-hybridized carbons (Fsp3) is 0.500. The van der Waals surface area contributed by atoms with Crippen LogP contribution in [0.3, 0.4) is 0 Å². The summed E-state index contributed by atoms with van der Waals surface area (Å²) in [6.45, 7) is 3.75. The molecular weight excluding hydrogens is 208 g/mol. The van der Waals surface area contributed by atoms with Crippen molar-refractivity contribution in [2.75, 3.05) is 13.1 Å². The Kier molecular flexibility index (Phi) is 2.21. The molecule has 2 aromatic rings. The van der Waals surface area contributed by atoms with Crippen LogP contribution >= 0.6 is 0 Å². The van der Waals surface area contributed by atoms with Gasteiger partial charge in [0.2, 0.25) is 0 Å². The molecule has 16 heavy (non-hydrogen) atoms. The first-order valence-electron chi connectivity index (χ1n) is 5.31. The van der Waals surface area contributed by atoms with Gasteiger partial charge in [-0.2, -0.15) is 4.98 Å². The molecule has 0 aromatic carbocycles. The summed E-state index contributed by atoms with van der Waals surface area (Å²) in [7, 11) is 0. The zero-order valence-corrected chi connectivity index (χ0v) is 8.93. The fourth-order valence-electron chi connectivity index (χ4n) is 1.85. The second-order valence-electron chi connectivity index (χ2n) is 3.97. The van der Waals surface area contributed by atoms with Gasteiger partial charge in [-0.15, -0.1) is 0 Å². The zero-order valence-electron chi connectivity index (χ0n) is 8.93. The van der Waals surface area contributed by atoms with Crippen molar-refractivity contribution in [3.63, 3.8) is 0 Å². The van der Waals surface area contributed by atoms with E-state index in [9.17, 15) is 0 Å². The SMILES string of the molecule is Cc1cc(-c2nc(C3CCNC3)no2)no1. The lowest BCUT2D eigenvalue weighted by molar-refractivity contribution is 0.387. The highest BCUT2D eigenvalue weighted by Gasteiger charge is 2.23. The first-order chi connectivity index (χ1) is 7.83. The van der Waals surface area contributed by atoms with E-state index in [0.29, 0.717) is 17.5 Å². The molecule has 0 aliphatic carbocycles. The number of aryl methyl sites for hydroxylation is 1. The standard InChI is InChI=1S/C10H12N4O2/c1-6-4-8(13-15-6)10-12-9(14-16-10)7-2-3-11-5-7/h4,7,11H,2-3,5H2,1H3. The van der Waals surface area contributed by atoms with Gasteiger partial charge in [0.25, 0.3) is 5.89 Å². The maximum Gasteiger partial charge on any atom is 0.280 e. The van der Waals surface area contributed by atoms with Crippen molar-refractivity contribution < 1.29 is 9.05 Å². The quantitative estimate of drug-likeness (QED) is 0.816. The van der Waals surface area contributed by atoms with Crippen LogP contribution in [0, 0.1) is 6.92 Å². The zero-order chi connectivity index (χ0) is 11.0. The van der Waals surface area contributed by atoms with Crippen molar-refractivity contribution in [2.45, 2.75) is 19.3 Å². The minimum Gasteiger partial charge on any atom is -0.361 e. The molecule has 0 radical (unpaired) electrons. The van der Waals surface area contributed by atoms with E-state index in [-0.39, 0.29) is 0 Å². The van der Waals surface area contributed by atoms with Gasteiger partial charge in [-0.3, -0.25) is 0 Å². The molecule has 1 N–H and O–H groups in total. The highest BCUT2D eigenvalue weighted by molar-refractivity contribution is 5.45. The maximum absolute atomic E-state index is 5.17. The number of rotatable bonds is 2. The number of nitrogens with zero attached hydrogens (tertiary/aromatic N) is 3. The maximum atomic E-state index is 5.17. The normalized spacial score (nSPS) is 20.4. The number of hydrogen-bond donors (Lipinski definition) is 1. The van der Waals surface area contributed by atoms with Gasteiger partial charge < -0.3 is 14.4 Å². The average molecular weight is 220 g/mol. The van der Waals surface area contributed by atoms with E-state index < -0.39 is 0 Å². The van der Waals surface area contributed by atoms with Crippen LogP contribution < -0.4 is 5.32 Å². The lowest BCUT2D eigenvalue weighted by atomic mass is 10.1. The first kappa shape index (κ1) is 9.53. The van der Waals surface area contributed by atoms with Crippen LogP contribution in [-0.4, -0.2) is 28.4 Å². The van der Waals surface area contributed by atoms with E-state index in [1.54, 1.807) is 6.07 Å². The van der Waals surface area contributed by atoms with E-state index in [2.05, 4.69) is 20.6 Å². The minimum atomic E-state index is 0.352. The third-order valence-corrected chi connectivity index (χ3v) is 2.71. The van der Waals surface area contributed by atoms with Crippen molar-refractivity contribution in [1.29, 1.82) is 0 Å². The summed E-state index contributed by atoms with van der Waals surface area (Å²) in [5.41, 5.74) is 0.599. The van der Waals surface area contributed by atoms with Crippen LogP contribution in [0.4, 0.5) is 0 Å². The Bertz CT molecular complexity index is 484. The van der Waals surface area contributed by atoms with Crippen LogP contribution in [0.25, 0.3) is 11.6 Å². The number of hydrogen-bond acceptors (Lipinski definition) is 6. The summed E-state index contributed by atoms with van der Waals surface area (Å²) in [4.78, 5) is 4.34. The Morgan fingerprint density at radius 2 is 2.31 bits per heavy atom. The number of aromatic nitrogens is 3. The molecule has 6 nitrogen and oxygen atoms in total. The summed E-state index contributed by atoms with van der Waals surface area (Å²) in [6, 6.07) is 1.78. The summed E-state index contributed by atoms with van der Waals surface area (Å²) >= 11 is 0. The van der Waals surface area contributed by atoms with Crippen LogP contribution in [0.2, 0.25) is 0 Å². The minimum absolute atomic E-state index is 0.352. The molecule has 3 rings (SSSR count). The lowest BCUT2D eigenvalue weighted by Gasteiger charge is -1.98. The second kappa shape index (κ2) is 3.71. The largest absolute Gasteiger partial charge is 0.361 e. The van der Waals surface area contributed by atoms with Crippen molar-refractivity contribution >= 4 is 0 Å². The van der Waals surface area contributed by atoms with Crippen molar-refractivity contribution in [3.8, 4) is 11.6 Å². The first-order valence-corrected chi connectivity index (χ1v) is 5.31. The molecular formula is C10H12N4O2. The van der Waals surface area contributed by atoms with Crippen LogP contribution in [-0.2, 0) is 0 Å². The molecule has 1 atom stereocenters. The molecule has 1 unspecified atom stereocenters. The van der Waals surface area contributed by atoms with Crippen molar-refractivity contribution in [3.05, 3.63) is 17.7 Å². The Hall–Kier alpha value is -1.69. The Morgan fingerprint density at radius 1 is 1.38 bits per heavy atom. The Balaban J connectivity index is 1.87. The van der Waals surface area contributed by atoms with Gasteiger partial charge >= 0.3 is 0 Å². The Labute approximate surface area is 92.0 Å². The van der Waals surface area contributed by atoms with E-state index in [0.717, 1.165) is 31.1 Å². The topological polar surface area (TPSA) is 77.0 Å². The van der Waals surface area contributed by atoms with Crippen LogP contribution in [0.5, 0.6) is 0 Å². The summed E-state index contributed by atoms with van der Waals surface area (Å²) < 4.78 is 10.1. The molecule has 1 fully saturated rings. The molecule has 6 heteroatoms. The van der Waals surface area contributed by atoms with Crippen molar-refractivity contribution in [2.24, 2.45) is 0 Å². The van der Waals surface area contributed by atoms with Gasteiger partial charge in [0.15, 0.2) is 11.5 Å². The summed E-state index contributed by atoms with van der Waals surface area (Å²) in [5, 5.41) is 11.1. The molecule has 0 amide bonds. The van der Waals surface area contributed by atoms with E-state index >= 15 is 0 Å². The molecule has 84 valence electrons. The fourth-order valence-corrected chi connectivity index (χ4v) is 1.85. The summed E-state index contributed by atoms with van der Waals surface area (Å²) in [6.07, 6.45) is 1.05. The highest BCUT2D eigenvalue weighted by Crippen LogP contribution is 2.23. The monoisotopic (exact) mass is 220 g/mol. The molecule has 2 aromatic heterocycles. The lowest BCUT2D eigenvalue weighted by Crippen LogP contribution is -2.08. The average Bonchev–Trinajstić information content (AvgIpc) is 2.97. The van der Waals surface area contributed by atoms with Crippen molar-refractivity contribution in [1.82, 2.24) is 20.6 Å². The van der Waals surface area contributed by atoms with Crippen LogP contribution in [0.15, 0.2) is 15.1 Å². The number of nitrogens with one attached hydrogen (secondary N) is 1.